The molecule has 1 atom stereocenters. The molecular formula is C27H38O4. The molecule has 4 heteroatoms. The number of esters is 1. The summed E-state index contributed by atoms with van der Waals surface area (Å²) in [5.41, 5.74) is 0.850. The molecule has 0 spiro atoms. The molecule has 1 aliphatic heterocycles. The maximum Gasteiger partial charge on any atom is 0.340 e. The minimum Gasteiger partial charge on any atom is -0.512 e. The fourth-order valence-electron chi connectivity index (χ4n) is 6.15. The van der Waals surface area contributed by atoms with Crippen molar-refractivity contribution in [3.63, 3.8) is 0 Å². The fourth-order valence-corrected chi connectivity index (χ4v) is 6.15. The second-order valence-corrected chi connectivity index (χ2v) is 9.95. The van der Waals surface area contributed by atoms with E-state index in [1.165, 1.54) is 44.1 Å². The normalized spacial score (nSPS) is 26.4. The van der Waals surface area contributed by atoms with Crippen molar-refractivity contribution in [3.05, 3.63) is 47.2 Å². The Bertz CT molecular complexity index is 772. The Balaban J connectivity index is 1.45. The number of carbonyl (C=O) groups excluding carboxylic acids is 1. The number of benzene rings is 1. The molecule has 4 nitrogen and oxygen atoms in total. The largest absolute Gasteiger partial charge is 0.512 e. The first-order valence-corrected chi connectivity index (χ1v) is 12.4. The predicted molar refractivity (Wildman–Crippen MR) is 122 cm³/mol. The number of aliphatic hydroxyl groups is 1. The minimum absolute atomic E-state index is 0.102. The van der Waals surface area contributed by atoms with Crippen molar-refractivity contribution in [3.8, 4) is 0 Å². The molecule has 1 aromatic rings. The van der Waals surface area contributed by atoms with Crippen molar-refractivity contribution in [2.75, 3.05) is 6.61 Å². The quantitative estimate of drug-likeness (QED) is 0.462. The van der Waals surface area contributed by atoms with E-state index in [9.17, 15) is 9.90 Å². The lowest BCUT2D eigenvalue weighted by Gasteiger charge is -2.39. The van der Waals surface area contributed by atoms with Gasteiger partial charge in [0, 0.05) is 6.42 Å². The molecule has 1 aromatic carbocycles. The second-order valence-electron chi connectivity index (χ2n) is 9.95. The lowest BCUT2D eigenvalue weighted by atomic mass is 9.83. The summed E-state index contributed by atoms with van der Waals surface area (Å²) in [7, 11) is 0. The molecule has 0 aromatic heterocycles. The first kappa shape index (κ1) is 22.4. The van der Waals surface area contributed by atoms with Crippen LogP contribution in [0.1, 0.15) is 89.5 Å². The van der Waals surface area contributed by atoms with E-state index in [2.05, 4.69) is 19.1 Å². The first-order valence-electron chi connectivity index (χ1n) is 12.4. The third-order valence-corrected chi connectivity index (χ3v) is 7.86. The molecule has 1 heterocycles. The van der Waals surface area contributed by atoms with Gasteiger partial charge in [-0.1, -0.05) is 69.4 Å². The molecule has 170 valence electrons. The summed E-state index contributed by atoms with van der Waals surface area (Å²) in [4.78, 5) is 13.0. The average Bonchev–Trinajstić information content (AvgIpc) is 3.46. The van der Waals surface area contributed by atoms with Crippen LogP contribution < -0.4 is 0 Å². The summed E-state index contributed by atoms with van der Waals surface area (Å²) in [5, 5.41) is 10.9. The van der Waals surface area contributed by atoms with Crippen molar-refractivity contribution in [2.45, 2.75) is 102 Å². The molecular weight excluding hydrogens is 388 g/mol. The van der Waals surface area contributed by atoms with Crippen molar-refractivity contribution in [1.82, 2.24) is 0 Å². The number of cyclic esters (lactones) is 1. The number of hydrogen-bond acceptors (Lipinski definition) is 4. The Hall–Kier alpha value is -1.81. The lowest BCUT2D eigenvalue weighted by Crippen LogP contribution is -2.43. The van der Waals surface area contributed by atoms with Gasteiger partial charge in [0.2, 0.25) is 0 Å². The van der Waals surface area contributed by atoms with E-state index in [1.807, 2.05) is 18.2 Å². The minimum atomic E-state index is -0.619. The molecule has 2 aliphatic carbocycles. The topological polar surface area (TPSA) is 55.8 Å². The molecule has 0 radical (unpaired) electrons. The van der Waals surface area contributed by atoms with Crippen LogP contribution in [0.3, 0.4) is 0 Å². The van der Waals surface area contributed by atoms with E-state index >= 15 is 0 Å². The Kier molecular flexibility index (Phi) is 7.05. The van der Waals surface area contributed by atoms with Crippen LogP contribution in [0.2, 0.25) is 0 Å². The van der Waals surface area contributed by atoms with Crippen LogP contribution in [-0.4, -0.2) is 28.9 Å². The van der Waals surface area contributed by atoms with Crippen LogP contribution in [0.5, 0.6) is 0 Å². The molecule has 4 rings (SSSR count). The highest BCUT2D eigenvalue weighted by Gasteiger charge is 2.45. The molecule has 0 bridgehead atoms. The SMILES string of the molecule is CCCC1(CCc2ccccc2)CC(O)=C(COC2(C3CCCC3)CCCC2)C(=O)O1. The fraction of sp³-hybridized carbons (Fsp3) is 0.667. The summed E-state index contributed by atoms with van der Waals surface area (Å²) in [6.45, 7) is 2.28. The Morgan fingerprint density at radius 3 is 2.42 bits per heavy atom. The molecule has 0 amide bonds. The second kappa shape index (κ2) is 9.77. The molecule has 2 fully saturated rings. The highest BCUT2D eigenvalue weighted by atomic mass is 16.6. The van der Waals surface area contributed by atoms with Crippen molar-refractivity contribution in [1.29, 1.82) is 0 Å². The number of carbonyl (C=O) groups is 1. The molecule has 3 aliphatic rings. The summed E-state index contributed by atoms with van der Waals surface area (Å²) in [6.07, 6.45) is 13.2. The maximum atomic E-state index is 13.0. The van der Waals surface area contributed by atoms with Gasteiger partial charge >= 0.3 is 5.97 Å². The van der Waals surface area contributed by atoms with Gasteiger partial charge in [0.15, 0.2) is 0 Å². The Morgan fingerprint density at radius 1 is 1.06 bits per heavy atom. The van der Waals surface area contributed by atoms with Crippen LogP contribution in [0.15, 0.2) is 41.7 Å². The standard InChI is InChI=1S/C27H38O4/c1-2-15-26(18-14-21-10-4-3-5-11-21)19-24(28)23(25(29)31-26)20-30-27(16-8-9-17-27)22-12-6-7-13-22/h3-5,10-11,22,28H,2,6-9,12-20H2,1H3. The number of aryl methyl sites for hydroxylation is 1. The van der Waals surface area contributed by atoms with Gasteiger partial charge < -0.3 is 14.6 Å². The maximum absolute atomic E-state index is 13.0. The third-order valence-electron chi connectivity index (χ3n) is 7.86. The summed E-state index contributed by atoms with van der Waals surface area (Å²) >= 11 is 0. The molecule has 1 unspecified atom stereocenters. The molecule has 2 saturated carbocycles. The van der Waals surface area contributed by atoms with Gasteiger partial charge in [0.25, 0.3) is 0 Å². The van der Waals surface area contributed by atoms with E-state index in [-0.39, 0.29) is 23.9 Å². The summed E-state index contributed by atoms with van der Waals surface area (Å²) in [6, 6.07) is 10.3. The van der Waals surface area contributed by atoms with Gasteiger partial charge in [0.05, 0.1) is 12.2 Å². The average molecular weight is 427 g/mol. The van der Waals surface area contributed by atoms with Crippen LogP contribution in [-0.2, 0) is 20.7 Å². The van der Waals surface area contributed by atoms with Crippen LogP contribution in [0.4, 0.5) is 0 Å². The van der Waals surface area contributed by atoms with E-state index in [4.69, 9.17) is 9.47 Å². The van der Waals surface area contributed by atoms with Crippen LogP contribution >= 0.6 is 0 Å². The van der Waals surface area contributed by atoms with Crippen LogP contribution in [0, 0.1) is 5.92 Å². The van der Waals surface area contributed by atoms with E-state index in [0.717, 1.165) is 38.5 Å². The zero-order valence-corrected chi connectivity index (χ0v) is 19.0. The number of rotatable bonds is 9. The van der Waals surface area contributed by atoms with Gasteiger partial charge in [-0.15, -0.1) is 0 Å². The zero-order valence-electron chi connectivity index (χ0n) is 19.0. The van der Waals surface area contributed by atoms with E-state index < -0.39 is 5.60 Å². The van der Waals surface area contributed by atoms with Crippen molar-refractivity contribution >= 4 is 5.97 Å². The van der Waals surface area contributed by atoms with Crippen LogP contribution in [0.25, 0.3) is 0 Å². The number of aliphatic hydroxyl groups excluding tert-OH is 1. The Labute approximate surface area is 187 Å². The highest BCUT2D eigenvalue weighted by Crippen LogP contribution is 2.47. The zero-order chi connectivity index (χ0) is 21.7. The summed E-state index contributed by atoms with van der Waals surface area (Å²) in [5.74, 6) is 0.393. The van der Waals surface area contributed by atoms with Gasteiger partial charge in [0.1, 0.15) is 16.9 Å². The number of hydrogen-bond donors (Lipinski definition) is 1. The van der Waals surface area contributed by atoms with Gasteiger partial charge in [-0.2, -0.15) is 0 Å². The predicted octanol–water partition coefficient (Wildman–Crippen LogP) is 6.44. The first-order chi connectivity index (χ1) is 15.1. The summed E-state index contributed by atoms with van der Waals surface area (Å²) < 4.78 is 12.5. The van der Waals surface area contributed by atoms with E-state index in [1.54, 1.807) is 0 Å². The molecule has 31 heavy (non-hydrogen) atoms. The van der Waals surface area contributed by atoms with Gasteiger partial charge in [-0.3, -0.25) is 0 Å². The highest BCUT2D eigenvalue weighted by molar-refractivity contribution is 5.90. The monoisotopic (exact) mass is 426 g/mol. The van der Waals surface area contributed by atoms with Gasteiger partial charge in [-0.05, 0) is 56.4 Å². The molecule has 1 N–H and O–H groups in total. The van der Waals surface area contributed by atoms with Gasteiger partial charge in [-0.25, -0.2) is 4.79 Å². The number of ether oxygens (including phenoxy) is 2. The van der Waals surface area contributed by atoms with E-state index in [0.29, 0.717) is 17.9 Å². The van der Waals surface area contributed by atoms with Crippen molar-refractivity contribution in [2.24, 2.45) is 5.92 Å². The Morgan fingerprint density at radius 2 is 1.77 bits per heavy atom. The molecule has 0 saturated heterocycles. The lowest BCUT2D eigenvalue weighted by molar-refractivity contribution is -0.163. The van der Waals surface area contributed by atoms with Crippen molar-refractivity contribution < 1.29 is 19.4 Å². The smallest absolute Gasteiger partial charge is 0.340 e. The third kappa shape index (κ3) is 5.00.